The summed E-state index contributed by atoms with van der Waals surface area (Å²) in [7, 11) is 0. The third-order valence-electron chi connectivity index (χ3n) is 6.86. The smallest absolute Gasteiger partial charge is 0.230 e. The van der Waals surface area contributed by atoms with Crippen molar-refractivity contribution in [3.63, 3.8) is 0 Å². The van der Waals surface area contributed by atoms with Crippen LogP contribution in [-0.2, 0) is 11.3 Å². The van der Waals surface area contributed by atoms with E-state index in [1.54, 1.807) is 0 Å². The fourth-order valence-corrected chi connectivity index (χ4v) is 5.80. The maximum atomic E-state index is 13.6. The SMILES string of the molecule is CC(C)n1cnc(C2CN(Cc3cccs3)CC23CCN(CC2CC2)C3=O)c1. The summed E-state index contributed by atoms with van der Waals surface area (Å²) in [5.74, 6) is 1.34. The molecule has 2 aliphatic heterocycles. The van der Waals surface area contributed by atoms with Gasteiger partial charge >= 0.3 is 0 Å². The zero-order valence-corrected chi connectivity index (χ0v) is 17.7. The molecule has 0 radical (unpaired) electrons. The van der Waals surface area contributed by atoms with Gasteiger partial charge in [-0.25, -0.2) is 4.98 Å². The van der Waals surface area contributed by atoms with Gasteiger partial charge in [-0.05, 0) is 50.5 Å². The molecule has 2 saturated heterocycles. The minimum Gasteiger partial charge on any atom is -0.342 e. The minimum atomic E-state index is -0.289. The molecule has 1 spiro atoms. The van der Waals surface area contributed by atoms with Gasteiger partial charge in [0.15, 0.2) is 0 Å². The van der Waals surface area contributed by atoms with Crippen molar-refractivity contribution >= 4 is 17.2 Å². The topological polar surface area (TPSA) is 41.4 Å². The highest BCUT2D eigenvalue weighted by atomic mass is 32.1. The van der Waals surface area contributed by atoms with Gasteiger partial charge in [-0.1, -0.05) is 6.07 Å². The average Bonchev–Trinajstić information content (AvgIpc) is 3.09. The first-order valence-corrected chi connectivity index (χ1v) is 11.5. The van der Waals surface area contributed by atoms with Crippen LogP contribution in [0.2, 0.25) is 0 Å². The molecular formula is C22H30N4OS. The third kappa shape index (κ3) is 3.20. The van der Waals surface area contributed by atoms with Crippen molar-refractivity contribution in [3.8, 4) is 0 Å². The number of rotatable bonds is 6. The van der Waals surface area contributed by atoms with E-state index in [1.807, 2.05) is 17.7 Å². The molecule has 28 heavy (non-hydrogen) atoms. The highest BCUT2D eigenvalue weighted by Crippen LogP contribution is 2.50. The maximum Gasteiger partial charge on any atom is 0.230 e. The van der Waals surface area contributed by atoms with Crippen LogP contribution in [0.4, 0.5) is 0 Å². The summed E-state index contributed by atoms with van der Waals surface area (Å²) in [5, 5.41) is 2.14. The second-order valence-corrected chi connectivity index (χ2v) is 10.3. The summed E-state index contributed by atoms with van der Waals surface area (Å²) in [4.78, 5) is 24.4. The zero-order chi connectivity index (χ0) is 19.3. The standard InChI is InChI=1S/C22H30N4OS/c1-16(2)26-13-20(23-15-26)19-12-24(11-18-4-3-9-28-18)14-22(19)7-8-25(21(22)27)10-17-5-6-17/h3-4,9,13,15-17,19H,5-8,10-12,14H2,1-2H3. The molecule has 0 bridgehead atoms. The second kappa shape index (κ2) is 6.99. The van der Waals surface area contributed by atoms with Crippen LogP contribution >= 0.6 is 11.3 Å². The molecule has 5 rings (SSSR count). The molecule has 150 valence electrons. The Balaban J connectivity index is 1.43. The van der Waals surface area contributed by atoms with Gasteiger partial charge in [-0.15, -0.1) is 11.3 Å². The lowest BCUT2D eigenvalue weighted by molar-refractivity contribution is -0.136. The molecule has 4 heterocycles. The summed E-state index contributed by atoms with van der Waals surface area (Å²) in [6.07, 6.45) is 7.69. The quantitative estimate of drug-likeness (QED) is 0.744. The van der Waals surface area contributed by atoms with Crippen LogP contribution in [0.3, 0.4) is 0 Å². The number of hydrogen-bond donors (Lipinski definition) is 0. The number of carbonyl (C=O) groups excluding carboxylic acids is 1. The van der Waals surface area contributed by atoms with E-state index in [9.17, 15) is 4.79 Å². The Bertz CT molecular complexity index is 841. The Kier molecular flexibility index (Phi) is 4.59. The maximum absolute atomic E-state index is 13.6. The Morgan fingerprint density at radius 2 is 2.21 bits per heavy atom. The zero-order valence-electron chi connectivity index (χ0n) is 16.9. The van der Waals surface area contributed by atoms with E-state index in [1.165, 1.54) is 17.7 Å². The van der Waals surface area contributed by atoms with E-state index in [2.05, 4.69) is 51.9 Å². The molecule has 1 saturated carbocycles. The van der Waals surface area contributed by atoms with Crippen LogP contribution in [0.25, 0.3) is 0 Å². The van der Waals surface area contributed by atoms with Crippen molar-refractivity contribution in [2.75, 3.05) is 26.2 Å². The van der Waals surface area contributed by atoms with Gasteiger partial charge in [0.05, 0.1) is 17.4 Å². The fraction of sp³-hybridized carbons (Fsp3) is 0.636. The van der Waals surface area contributed by atoms with Crippen LogP contribution in [0, 0.1) is 11.3 Å². The lowest BCUT2D eigenvalue weighted by atomic mass is 9.75. The molecular weight excluding hydrogens is 368 g/mol. The molecule has 0 aromatic carbocycles. The van der Waals surface area contributed by atoms with Crippen molar-refractivity contribution < 1.29 is 4.79 Å². The number of imidazole rings is 1. The van der Waals surface area contributed by atoms with E-state index in [4.69, 9.17) is 4.98 Å². The second-order valence-electron chi connectivity index (χ2n) is 9.24. The van der Waals surface area contributed by atoms with Crippen LogP contribution in [-0.4, -0.2) is 51.4 Å². The number of hydrogen-bond acceptors (Lipinski definition) is 4. The van der Waals surface area contributed by atoms with Crippen molar-refractivity contribution in [1.29, 1.82) is 0 Å². The summed E-state index contributed by atoms with van der Waals surface area (Å²) < 4.78 is 2.17. The number of amides is 1. The molecule has 0 N–H and O–H groups in total. The van der Waals surface area contributed by atoms with Crippen molar-refractivity contribution in [2.45, 2.75) is 51.6 Å². The highest BCUT2D eigenvalue weighted by molar-refractivity contribution is 7.09. The molecule has 6 heteroatoms. The number of thiophene rings is 1. The molecule has 2 aromatic heterocycles. The lowest BCUT2D eigenvalue weighted by Crippen LogP contribution is -2.40. The first kappa shape index (κ1) is 18.4. The largest absolute Gasteiger partial charge is 0.342 e. The number of likely N-dealkylation sites (tertiary alicyclic amines) is 2. The predicted octanol–water partition coefficient (Wildman–Crippen LogP) is 3.75. The molecule has 3 aliphatic rings. The number of aromatic nitrogens is 2. The molecule has 3 fully saturated rings. The third-order valence-corrected chi connectivity index (χ3v) is 7.73. The van der Waals surface area contributed by atoms with Crippen LogP contribution < -0.4 is 0 Å². The van der Waals surface area contributed by atoms with Crippen molar-refractivity contribution in [3.05, 3.63) is 40.6 Å². The van der Waals surface area contributed by atoms with Gasteiger partial charge in [0.25, 0.3) is 0 Å². The van der Waals surface area contributed by atoms with E-state index < -0.39 is 0 Å². The molecule has 2 atom stereocenters. The van der Waals surface area contributed by atoms with Gasteiger partial charge in [-0.3, -0.25) is 9.69 Å². The van der Waals surface area contributed by atoms with Crippen molar-refractivity contribution in [1.82, 2.24) is 19.4 Å². The summed E-state index contributed by atoms with van der Waals surface area (Å²) in [5.41, 5.74) is 0.812. The van der Waals surface area contributed by atoms with E-state index >= 15 is 0 Å². The fourth-order valence-electron chi connectivity index (χ4n) is 5.06. The number of nitrogens with zero attached hydrogens (tertiary/aromatic N) is 4. The molecule has 1 amide bonds. The summed E-state index contributed by atoms with van der Waals surface area (Å²) in [6.45, 7) is 8.98. The molecule has 5 nitrogen and oxygen atoms in total. The average molecular weight is 399 g/mol. The van der Waals surface area contributed by atoms with E-state index in [0.29, 0.717) is 11.9 Å². The highest BCUT2D eigenvalue weighted by Gasteiger charge is 2.58. The van der Waals surface area contributed by atoms with Gasteiger partial charge in [0, 0.05) is 55.8 Å². The monoisotopic (exact) mass is 398 g/mol. The minimum absolute atomic E-state index is 0.198. The van der Waals surface area contributed by atoms with Gasteiger partial charge in [0.2, 0.25) is 5.91 Å². The van der Waals surface area contributed by atoms with E-state index in [-0.39, 0.29) is 11.3 Å². The van der Waals surface area contributed by atoms with Crippen molar-refractivity contribution in [2.24, 2.45) is 11.3 Å². The Morgan fingerprint density at radius 3 is 2.89 bits per heavy atom. The molecule has 2 aromatic rings. The Hall–Kier alpha value is -1.66. The Labute approximate surface area is 171 Å². The van der Waals surface area contributed by atoms with Crippen LogP contribution in [0.5, 0.6) is 0 Å². The van der Waals surface area contributed by atoms with Gasteiger partial charge < -0.3 is 9.47 Å². The first-order valence-electron chi connectivity index (χ1n) is 10.6. The van der Waals surface area contributed by atoms with Gasteiger partial charge in [-0.2, -0.15) is 0 Å². The van der Waals surface area contributed by atoms with E-state index in [0.717, 1.165) is 50.8 Å². The predicted molar refractivity (Wildman–Crippen MR) is 111 cm³/mol. The lowest BCUT2D eigenvalue weighted by Gasteiger charge is -2.28. The number of carbonyl (C=O) groups is 1. The summed E-state index contributed by atoms with van der Waals surface area (Å²) >= 11 is 1.81. The molecule has 2 unspecified atom stereocenters. The molecule has 1 aliphatic carbocycles. The summed E-state index contributed by atoms with van der Waals surface area (Å²) in [6, 6.07) is 4.71. The van der Waals surface area contributed by atoms with Gasteiger partial charge in [0.1, 0.15) is 0 Å². The van der Waals surface area contributed by atoms with Crippen LogP contribution in [0.1, 0.15) is 55.6 Å². The first-order chi connectivity index (χ1) is 13.5. The normalized spacial score (nSPS) is 28.3. The van der Waals surface area contributed by atoms with Crippen LogP contribution in [0.15, 0.2) is 30.0 Å². The Morgan fingerprint density at radius 1 is 1.36 bits per heavy atom.